The van der Waals surface area contributed by atoms with Crippen LogP contribution in [-0.2, 0) is 9.59 Å². The Bertz CT molecular complexity index is 977. The van der Waals surface area contributed by atoms with Crippen molar-refractivity contribution in [2.45, 2.75) is 20.3 Å². The summed E-state index contributed by atoms with van der Waals surface area (Å²) in [4.78, 5) is 27.8. The number of hydrogen-bond donors (Lipinski definition) is 1. The summed E-state index contributed by atoms with van der Waals surface area (Å²) in [6.07, 6.45) is 0.116. The Morgan fingerprint density at radius 3 is 2.64 bits per heavy atom. The van der Waals surface area contributed by atoms with Crippen molar-refractivity contribution in [3.05, 3.63) is 34.2 Å². The molecule has 1 aliphatic rings. The second-order valence-corrected chi connectivity index (χ2v) is 7.76. The standard InChI is InChI=1S/C20H21N3O4S/c1-11-12(2)28-20(15(11)9-21)22-19(25)13-7-18(24)23(10-13)14-5-6-16(26-3)17(8-14)27-4/h5-6,8,13H,7,10H2,1-4H3,(H,22,25). The van der Waals surface area contributed by atoms with Gasteiger partial charge >= 0.3 is 0 Å². The molecule has 3 rings (SSSR count). The molecule has 1 aromatic carbocycles. The molecule has 1 fully saturated rings. The number of aryl methyl sites for hydroxylation is 1. The van der Waals surface area contributed by atoms with E-state index in [9.17, 15) is 14.9 Å². The van der Waals surface area contributed by atoms with Crippen LogP contribution in [0.5, 0.6) is 11.5 Å². The number of carbonyl (C=O) groups excluding carboxylic acids is 2. The van der Waals surface area contributed by atoms with Crippen molar-refractivity contribution in [1.82, 2.24) is 0 Å². The molecule has 0 bridgehead atoms. The van der Waals surface area contributed by atoms with Crippen LogP contribution < -0.4 is 19.7 Å². The first-order valence-corrected chi connectivity index (χ1v) is 9.54. The van der Waals surface area contributed by atoms with E-state index in [0.717, 1.165) is 10.4 Å². The molecule has 0 spiro atoms. The fourth-order valence-electron chi connectivity index (χ4n) is 3.19. The first kappa shape index (κ1) is 19.7. The van der Waals surface area contributed by atoms with Crippen molar-refractivity contribution in [2.24, 2.45) is 5.92 Å². The Morgan fingerprint density at radius 2 is 2.00 bits per heavy atom. The molecule has 1 N–H and O–H groups in total. The Labute approximate surface area is 167 Å². The van der Waals surface area contributed by atoms with Gasteiger partial charge in [0.05, 0.1) is 25.7 Å². The number of rotatable bonds is 5. The van der Waals surface area contributed by atoms with Crippen LogP contribution in [0.1, 0.15) is 22.4 Å². The molecule has 2 heterocycles. The smallest absolute Gasteiger partial charge is 0.230 e. The molecule has 1 saturated heterocycles. The van der Waals surface area contributed by atoms with Gasteiger partial charge in [-0.15, -0.1) is 11.3 Å². The summed E-state index contributed by atoms with van der Waals surface area (Å²) >= 11 is 1.38. The first-order chi connectivity index (χ1) is 13.4. The Balaban J connectivity index is 1.77. The van der Waals surface area contributed by atoms with E-state index in [-0.39, 0.29) is 24.8 Å². The highest BCUT2D eigenvalue weighted by Gasteiger charge is 2.36. The number of nitriles is 1. The first-order valence-electron chi connectivity index (χ1n) is 8.73. The lowest BCUT2D eigenvalue weighted by Crippen LogP contribution is -2.28. The van der Waals surface area contributed by atoms with Gasteiger partial charge in [-0.25, -0.2) is 0 Å². The fourth-order valence-corrected chi connectivity index (χ4v) is 4.20. The van der Waals surface area contributed by atoms with Crippen LogP contribution in [0, 0.1) is 31.1 Å². The molecule has 0 saturated carbocycles. The molecule has 1 aliphatic heterocycles. The molecule has 146 valence electrons. The summed E-state index contributed by atoms with van der Waals surface area (Å²) in [6, 6.07) is 7.35. The molecular weight excluding hydrogens is 378 g/mol. The van der Waals surface area contributed by atoms with E-state index in [1.165, 1.54) is 18.4 Å². The number of methoxy groups -OCH3 is 2. The van der Waals surface area contributed by atoms with Crippen LogP contribution in [0.3, 0.4) is 0 Å². The largest absolute Gasteiger partial charge is 0.493 e. The second kappa shape index (κ2) is 7.90. The van der Waals surface area contributed by atoms with Crippen LogP contribution >= 0.6 is 11.3 Å². The molecule has 7 nitrogen and oxygen atoms in total. The highest BCUT2D eigenvalue weighted by Crippen LogP contribution is 2.35. The zero-order valence-electron chi connectivity index (χ0n) is 16.2. The number of nitrogens with one attached hydrogen (secondary N) is 1. The molecule has 0 aliphatic carbocycles. The predicted molar refractivity (Wildman–Crippen MR) is 107 cm³/mol. The third kappa shape index (κ3) is 3.53. The van der Waals surface area contributed by atoms with Gasteiger partial charge in [0, 0.05) is 29.6 Å². The van der Waals surface area contributed by atoms with E-state index in [1.807, 2.05) is 13.8 Å². The topological polar surface area (TPSA) is 91.7 Å². The number of amides is 2. The lowest BCUT2D eigenvalue weighted by molar-refractivity contribution is -0.122. The van der Waals surface area contributed by atoms with Crippen molar-refractivity contribution in [3.63, 3.8) is 0 Å². The number of benzene rings is 1. The van der Waals surface area contributed by atoms with Gasteiger partial charge in [0.1, 0.15) is 11.1 Å². The second-order valence-electron chi connectivity index (χ2n) is 6.53. The molecule has 1 atom stereocenters. The summed E-state index contributed by atoms with van der Waals surface area (Å²) in [5.74, 6) is 0.207. The van der Waals surface area contributed by atoms with Crippen LogP contribution in [-0.4, -0.2) is 32.6 Å². The van der Waals surface area contributed by atoms with Gasteiger partial charge in [-0.2, -0.15) is 5.26 Å². The molecule has 28 heavy (non-hydrogen) atoms. The zero-order valence-corrected chi connectivity index (χ0v) is 17.0. The van der Waals surface area contributed by atoms with E-state index < -0.39 is 5.92 Å². The lowest BCUT2D eigenvalue weighted by atomic mass is 10.1. The van der Waals surface area contributed by atoms with Gasteiger partial charge in [-0.3, -0.25) is 9.59 Å². The van der Waals surface area contributed by atoms with E-state index in [4.69, 9.17) is 9.47 Å². The number of ether oxygens (including phenoxy) is 2. The quantitative estimate of drug-likeness (QED) is 0.833. The average molecular weight is 399 g/mol. The minimum Gasteiger partial charge on any atom is -0.493 e. The maximum absolute atomic E-state index is 12.7. The average Bonchev–Trinajstić information content (AvgIpc) is 3.20. The minimum absolute atomic E-state index is 0.116. The molecular formula is C20H21N3O4S. The van der Waals surface area contributed by atoms with E-state index in [1.54, 1.807) is 30.2 Å². The summed E-state index contributed by atoms with van der Waals surface area (Å²) in [5, 5.41) is 12.7. The predicted octanol–water partition coefficient (Wildman–Crippen LogP) is 3.25. The van der Waals surface area contributed by atoms with Crippen molar-refractivity contribution < 1.29 is 19.1 Å². The SMILES string of the molecule is COc1ccc(N2CC(C(=O)Nc3sc(C)c(C)c3C#N)CC2=O)cc1OC. The highest BCUT2D eigenvalue weighted by atomic mass is 32.1. The Hall–Kier alpha value is -3.05. The molecule has 1 unspecified atom stereocenters. The van der Waals surface area contributed by atoms with Crippen LogP contribution in [0.25, 0.3) is 0 Å². The van der Waals surface area contributed by atoms with Crippen LogP contribution in [0.2, 0.25) is 0 Å². The van der Waals surface area contributed by atoms with Crippen LogP contribution in [0.4, 0.5) is 10.7 Å². The Morgan fingerprint density at radius 1 is 1.29 bits per heavy atom. The number of anilines is 2. The fraction of sp³-hybridized carbons (Fsp3) is 0.350. The lowest BCUT2D eigenvalue weighted by Gasteiger charge is -2.18. The van der Waals surface area contributed by atoms with Crippen LogP contribution in [0.15, 0.2) is 18.2 Å². The maximum atomic E-state index is 12.7. The Kier molecular flexibility index (Phi) is 5.56. The van der Waals surface area contributed by atoms with Gasteiger partial charge in [-0.05, 0) is 31.5 Å². The van der Waals surface area contributed by atoms with Gasteiger partial charge in [0.2, 0.25) is 11.8 Å². The van der Waals surface area contributed by atoms with E-state index >= 15 is 0 Å². The highest BCUT2D eigenvalue weighted by molar-refractivity contribution is 7.16. The van der Waals surface area contributed by atoms with Crippen molar-refractivity contribution in [2.75, 3.05) is 31.0 Å². The molecule has 2 aromatic rings. The summed E-state index contributed by atoms with van der Waals surface area (Å²) in [7, 11) is 3.07. The van der Waals surface area contributed by atoms with Gasteiger partial charge in [0.25, 0.3) is 0 Å². The van der Waals surface area contributed by atoms with Crippen molar-refractivity contribution in [1.29, 1.82) is 5.26 Å². The monoisotopic (exact) mass is 399 g/mol. The van der Waals surface area contributed by atoms with Crippen molar-refractivity contribution >= 4 is 33.8 Å². The third-order valence-corrected chi connectivity index (χ3v) is 6.03. The third-order valence-electron chi connectivity index (χ3n) is 4.91. The molecule has 1 aromatic heterocycles. The van der Waals surface area contributed by atoms with E-state index in [0.29, 0.717) is 27.8 Å². The van der Waals surface area contributed by atoms with Gasteiger partial charge in [-0.1, -0.05) is 0 Å². The van der Waals surface area contributed by atoms with Gasteiger partial charge < -0.3 is 19.7 Å². The number of thiophene rings is 1. The maximum Gasteiger partial charge on any atom is 0.230 e. The minimum atomic E-state index is -0.491. The number of hydrogen-bond acceptors (Lipinski definition) is 6. The normalized spacial score (nSPS) is 16.0. The molecule has 8 heteroatoms. The zero-order chi connectivity index (χ0) is 20.4. The number of nitrogens with zero attached hydrogens (tertiary/aromatic N) is 2. The van der Waals surface area contributed by atoms with Gasteiger partial charge in [0.15, 0.2) is 11.5 Å². The van der Waals surface area contributed by atoms with E-state index in [2.05, 4.69) is 11.4 Å². The number of carbonyl (C=O) groups is 2. The summed E-state index contributed by atoms with van der Waals surface area (Å²) in [5.41, 5.74) is 2.01. The molecule has 0 radical (unpaired) electrons. The summed E-state index contributed by atoms with van der Waals surface area (Å²) < 4.78 is 10.5. The van der Waals surface area contributed by atoms with Crippen molar-refractivity contribution in [3.8, 4) is 17.6 Å². The molecule has 2 amide bonds. The summed E-state index contributed by atoms with van der Waals surface area (Å²) in [6.45, 7) is 4.04.